The van der Waals surface area contributed by atoms with Gasteiger partial charge in [0.15, 0.2) is 16.7 Å². The number of carbonyl (C=O) groups excluding carboxylic acids is 1. The fraction of sp³-hybridized carbons (Fsp3) is 0.185. The lowest BCUT2D eigenvalue weighted by molar-refractivity contribution is -0.122. The molecular weight excluding hydrogens is 448 g/mol. The second-order valence-electron chi connectivity index (χ2n) is 7.49. The van der Waals surface area contributed by atoms with E-state index in [1.165, 1.54) is 17.3 Å². The molecule has 4 rings (SSSR count). The van der Waals surface area contributed by atoms with Gasteiger partial charge >= 0.3 is 0 Å². The fourth-order valence-corrected chi connectivity index (χ4v) is 4.65. The lowest BCUT2D eigenvalue weighted by Crippen LogP contribution is -2.31. The van der Waals surface area contributed by atoms with E-state index in [2.05, 4.69) is 12.1 Å². The van der Waals surface area contributed by atoms with Crippen molar-refractivity contribution in [2.45, 2.75) is 6.42 Å². The number of nitrogens with zero attached hydrogens (tertiary/aromatic N) is 2. The first-order valence-electron chi connectivity index (χ1n) is 10.8. The van der Waals surface area contributed by atoms with Gasteiger partial charge in [-0.3, -0.25) is 9.69 Å². The summed E-state index contributed by atoms with van der Waals surface area (Å²) < 4.78 is 16.3. The number of para-hydroxylation sites is 1. The van der Waals surface area contributed by atoms with Crippen molar-refractivity contribution in [3.63, 3.8) is 0 Å². The summed E-state index contributed by atoms with van der Waals surface area (Å²) in [5.41, 5.74) is 2.74. The summed E-state index contributed by atoms with van der Waals surface area (Å²) in [5.74, 6) is 1.49. The van der Waals surface area contributed by atoms with Crippen LogP contribution in [0.1, 0.15) is 11.1 Å². The Balaban J connectivity index is 1.68. The van der Waals surface area contributed by atoms with Crippen LogP contribution in [-0.2, 0) is 11.2 Å². The van der Waals surface area contributed by atoms with E-state index in [0.717, 1.165) is 17.7 Å². The molecule has 1 amide bonds. The summed E-state index contributed by atoms with van der Waals surface area (Å²) in [4.78, 5) is 20.5. The molecule has 7 heteroatoms. The number of thioether (sulfide) groups is 1. The quantitative estimate of drug-likeness (QED) is 0.400. The highest BCUT2D eigenvalue weighted by molar-refractivity contribution is 8.18. The van der Waals surface area contributed by atoms with Crippen LogP contribution < -0.4 is 14.2 Å². The summed E-state index contributed by atoms with van der Waals surface area (Å²) >= 11 is 1.36. The summed E-state index contributed by atoms with van der Waals surface area (Å²) in [6, 6.07) is 23.4. The van der Waals surface area contributed by atoms with Gasteiger partial charge in [0.1, 0.15) is 0 Å². The Bertz CT molecular complexity index is 1180. The number of aliphatic imine (C=N–C) groups is 1. The molecule has 1 fully saturated rings. The van der Waals surface area contributed by atoms with Crippen molar-refractivity contribution in [1.29, 1.82) is 0 Å². The molecule has 1 aliphatic heterocycles. The molecule has 1 aliphatic rings. The summed E-state index contributed by atoms with van der Waals surface area (Å²) in [5, 5.41) is 0.658. The normalized spacial score (nSPS) is 15.7. The lowest BCUT2D eigenvalue weighted by Gasteiger charge is -2.15. The molecule has 0 saturated carbocycles. The molecular formula is C27H26N2O4S. The topological polar surface area (TPSA) is 60.4 Å². The first-order valence-corrected chi connectivity index (χ1v) is 11.6. The minimum atomic E-state index is -0.0793. The van der Waals surface area contributed by atoms with Gasteiger partial charge in [-0.2, -0.15) is 0 Å². The van der Waals surface area contributed by atoms with Gasteiger partial charge in [0, 0.05) is 6.54 Å². The monoisotopic (exact) mass is 474 g/mol. The first kappa shape index (κ1) is 23.4. The summed E-state index contributed by atoms with van der Waals surface area (Å²) in [7, 11) is 4.70. The Morgan fingerprint density at radius 2 is 1.50 bits per heavy atom. The number of hydrogen-bond acceptors (Lipinski definition) is 6. The standard InChI is InChI=1S/C27H26N2O4S/c1-31-22-16-20(17-23(32-2)25(22)33-3)18-24-26(30)29(15-14-19-10-6-4-7-11-19)27(34-24)28-21-12-8-5-9-13-21/h4-13,16-18H,14-15H2,1-3H3/b24-18-,28-27?. The molecule has 0 unspecified atom stereocenters. The van der Waals surface area contributed by atoms with Gasteiger partial charge in [-0.1, -0.05) is 48.5 Å². The van der Waals surface area contributed by atoms with Crippen molar-refractivity contribution in [3.05, 3.63) is 88.8 Å². The van der Waals surface area contributed by atoms with E-state index >= 15 is 0 Å². The molecule has 0 atom stereocenters. The molecule has 0 bridgehead atoms. The van der Waals surface area contributed by atoms with Crippen molar-refractivity contribution < 1.29 is 19.0 Å². The number of rotatable bonds is 8. The van der Waals surface area contributed by atoms with E-state index in [4.69, 9.17) is 19.2 Å². The predicted molar refractivity (Wildman–Crippen MR) is 137 cm³/mol. The van der Waals surface area contributed by atoms with Crippen LogP contribution in [0.4, 0.5) is 5.69 Å². The Hall–Kier alpha value is -3.71. The zero-order valence-corrected chi connectivity index (χ0v) is 20.2. The number of ether oxygens (including phenoxy) is 3. The van der Waals surface area contributed by atoms with Gasteiger partial charge < -0.3 is 14.2 Å². The van der Waals surface area contributed by atoms with Crippen LogP contribution in [0.2, 0.25) is 0 Å². The van der Waals surface area contributed by atoms with E-state index in [0.29, 0.717) is 33.9 Å². The van der Waals surface area contributed by atoms with Gasteiger partial charge in [-0.25, -0.2) is 4.99 Å². The molecule has 0 aliphatic carbocycles. The number of amidine groups is 1. The van der Waals surface area contributed by atoms with Crippen molar-refractivity contribution >= 4 is 34.6 Å². The third-order valence-electron chi connectivity index (χ3n) is 5.32. The molecule has 1 heterocycles. The van der Waals surface area contributed by atoms with Gasteiger partial charge in [0.25, 0.3) is 5.91 Å². The molecule has 34 heavy (non-hydrogen) atoms. The van der Waals surface area contributed by atoms with Crippen LogP contribution in [0.3, 0.4) is 0 Å². The molecule has 3 aromatic rings. The zero-order valence-electron chi connectivity index (χ0n) is 19.4. The number of amides is 1. The maximum absolute atomic E-state index is 13.4. The van der Waals surface area contributed by atoms with Crippen LogP contribution in [0.25, 0.3) is 6.08 Å². The van der Waals surface area contributed by atoms with Crippen LogP contribution in [0.15, 0.2) is 82.7 Å². The van der Waals surface area contributed by atoms with E-state index < -0.39 is 0 Å². The molecule has 0 aromatic heterocycles. The smallest absolute Gasteiger partial charge is 0.266 e. The molecule has 0 radical (unpaired) electrons. The average Bonchev–Trinajstić information content (AvgIpc) is 3.16. The molecule has 0 spiro atoms. The number of methoxy groups -OCH3 is 3. The van der Waals surface area contributed by atoms with E-state index in [1.54, 1.807) is 26.2 Å². The highest BCUT2D eigenvalue weighted by Crippen LogP contribution is 2.40. The summed E-state index contributed by atoms with van der Waals surface area (Å²) in [6.07, 6.45) is 2.57. The van der Waals surface area contributed by atoms with Crippen LogP contribution in [0.5, 0.6) is 17.2 Å². The fourth-order valence-electron chi connectivity index (χ4n) is 3.62. The Kier molecular flexibility index (Phi) is 7.54. The van der Waals surface area contributed by atoms with Crippen molar-refractivity contribution in [2.24, 2.45) is 4.99 Å². The van der Waals surface area contributed by atoms with E-state index in [9.17, 15) is 4.79 Å². The number of benzene rings is 3. The average molecular weight is 475 g/mol. The second-order valence-corrected chi connectivity index (χ2v) is 8.50. The minimum Gasteiger partial charge on any atom is -0.493 e. The molecule has 0 N–H and O–H groups in total. The third kappa shape index (κ3) is 5.26. The molecule has 3 aromatic carbocycles. The predicted octanol–water partition coefficient (Wildman–Crippen LogP) is 5.56. The maximum Gasteiger partial charge on any atom is 0.266 e. The third-order valence-corrected chi connectivity index (χ3v) is 6.33. The highest BCUT2D eigenvalue weighted by Gasteiger charge is 2.33. The van der Waals surface area contributed by atoms with Crippen molar-refractivity contribution in [3.8, 4) is 17.2 Å². The molecule has 1 saturated heterocycles. The van der Waals surface area contributed by atoms with Crippen LogP contribution >= 0.6 is 11.8 Å². The molecule has 174 valence electrons. The van der Waals surface area contributed by atoms with Crippen molar-refractivity contribution in [1.82, 2.24) is 4.90 Å². The van der Waals surface area contributed by atoms with E-state index in [1.807, 2.05) is 66.7 Å². The lowest BCUT2D eigenvalue weighted by atomic mass is 10.1. The number of hydrogen-bond donors (Lipinski definition) is 0. The SMILES string of the molecule is COc1cc(/C=C2\SC(=Nc3ccccc3)N(CCc3ccccc3)C2=O)cc(OC)c1OC. The minimum absolute atomic E-state index is 0.0793. The maximum atomic E-state index is 13.4. The molecule has 6 nitrogen and oxygen atoms in total. The Morgan fingerprint density at radius 3 is 2.09 bits per heavy atom. The van der Waals surface area contributed by atoms with Gasteiger partial charge in [-0.05, 0) is 59.7 Å². The van der Waals surface area contributed by atoms with Crippen molar-refractivity contribution in [2.75, 3.05) is 27.9 Å². The highest BCUT2D eigenvalue weighted by atomic mass is 32.2. The number of carbonyl (C=O) groups is 1. The Labute approximate surface area is 203 Å². The summed E-state index contributed by atoms with van der Waals surface area (Å²) in [6.45, 7) is 0.536. The van der Waals surface area contributed by atoms with Crippen LogP contribution in [-0.4, -0.2) is 43.8 Å². The largest absolute Gasteiger partial charge is 0.493 e. The van der Waals surface area contributed by atoms with Crippen LogP contribution in [0, 0.1) is 0 Å². The van der Waals surface area contributed by atoms with Gasteiger partial charge in [0.05, 0.1) is 31.9 Å². The van der Waals surface area contributed by atoms with E-state index in [-0.39, 0.29) is 5.91 Å². The second kappa shape index (κ2) is 10.9. The van der Waals surface area contributed by atoms with Gasteiger partial charge in [-0.15, -0.1) is 0 Å². The first-order chi connectivity index (χ1) is 16.6. The van der Waals surface area contributed by atoms with Gasteiger partial charge in [0.2, 0.25) is 5.75 Å². The zero-order chi connectivity index (χ0) is 23.9. The Morgan fingerprint density at radius 1 is 0.882 bits per heavy atom.